The van der Waals surface area contributed by atoms with Crippen LogP contribution < -0.4 is 0 Å². The molecule has 1 fully saturated rings. The number of esters is 3. The van der Waals surface area contributed by atoms with Gasteiger partial charge in [-0.15, -0.1) is 0 Å². The summed E-state index contributed by atoms with van der Waals surface area (Å²) in [5.74, 6) is -2.71. The average Bonchev–Trinajstić information content (AvgIpc) is 2.48. The fourth-order valence-corrected chi connectivity index (χ4v) is 3.43. The zero-order valence-corrected chi connectivity index (χ0v) is 17.9. The largest absolute Gasteiger partial charge is 0.457 e. The zero-order chi connectivity index (χ0) is 22.6. The Morgan fingerprint density at radius 1 is 0.759 bits per heavy atom. The summed E-state index contributed by atoms with van der Waals surface area (Å²) >= 11 is 0. The monoisotopic (exact) mass is 462 g/mol. The van der Waals surface area contributed by atoms with Crippen molar-refractivity contribution in [3.8, 4) is 0 Å². The second kappa shape index (κ2) is 9.80. The minimum atomic E-state index is -4.22. The summed E-state index contributed by atoms with van der Waals surface area (Å²) in [6, 6.07) is 0. The summed E-state index contributed by atoms with van der Waals surface area (Å²) in [6.45, 7) is 2.23. The number of rotatable bonds is 8. The Balaban J connectivity index is 3.42. The van der Waals surface area contributed by atoms with E-state index in [0.29, 0.717) is 6.26 Å². The molecule has 1 saturated heterocycles. The Bertz CT molecular complexity index is 832. The summed E-state index contributed by atoms with van der Waals surface area (Å²) in [6.07, 6.45) is -6.73. The molecular formula is C14H22O13S2. The third kappa shape index (κ3) is 9.03. The molecule has 0 radical (unpaired) electrons. The second-order valence-corrected chi connectivity index (χ2v) is 9.30. The Morgan fingerprint density at radius 2 is 1.24 bits per heavy atom. The minimum absolute atomic E-state index is 0.682. The van der Waals surface area contributed by atoms with Gasteiger partial charge >= 0.3 is 17.9 Å². The molecule has 0 bridgehead atoms. The SMILES string of the molecule is CC(=O)O[C@H]1O[C@@H](COS(C)(=O)=O)[C@@H](OC(C)=O)[C@@H](OS(C)(=O)=O)[C@H]1OC(C)=O. The van der Waals surface area contributed by atoms with E-state index < -0.39 is 75.5 Å². The van der Waals surface area contributed by atoms with E-state index in [9.17, 15) is 31.2 Å². The first kappa shape index (κ1) is 25.2. The highest BCUT2D eigenvalue weighted by atomic mass is 32.2. The fraction of sp³-hybridized carbons (Fsp3) is 0.786. The smallest absolute Gasteiger partial charge is 0.305 e. The van der Waals surface area contributed by atoms with Crippen LogP contribution in [0, 0.1) is 0 Å². The van der Waals surface area contributed by atoms with E-state index in [2.05, 4.69) is 4.18 Å². The van der Waals surface area contributed by atoms with Crippen LogP contribution in [0.3, 0.4) is 0 Å². The molecule has 0 aliphatic carbocycles. The highest BCUT2D eigenvalue weighted by Crippen LogP contribution is 2.30. The first-order chi connectivity index (χ1) is 13.1. The molecule has 1 aliphatic heterocycles. The third-order valence-corrected chi connectivity index (χ3v) is 4.35. The number of carbonyl (C=O) groups is 3. The highest BCUT2D eigenvalue weighted by Gasteiger charge is 2.53. The number of hydrogen-bond donors (Lipinski definition) is 0. The van der Waals surface area contributed by atoms with E-state index in [1.54, 1.807) is 0 Å². The minimum Gasteiger partial charge on any atom is -0.457 e. The molecule has 1 heterocycles. The van der Waals surface area contributed by atoms with Crippen molar-refractivity contribution < 1.29 is 58.5 Å². The van der Waals surface area contributed by atoms with E-state index in [4.69, 9.17) is 23.1 Å². The van der Waals surface area contributed by atoms with Gasteiger partial charge in [-0.1, -0.05) is 0 Å². The molecule has 0 aromatic rings. The van der Waals surface area contributed by atoms with Gasteiger partial charge in [-0.2, -0.15) is 16.8 Å². The van der Waals surface area contributed by atoms with Gasteiger partial charge in [0.05, 0.1) is 19.1 Å². The molecular weight excluding hydrogens is 440 g/mol. The van der Waals surface area contributed by atoms with Gasteiger partial charge in [0.15, 0.2) is 18.3 Å². The molecule has 0 saturated carbocycles. The van der Waals surface area contributed by atoms with Crippen LogP contribution in [0.5, 0.6) is 0 Å². The van der Waals surface area contributed by atoms with Crippen LogP contribution >= 0.6 is 0 Å². The van der Waals surface area contributed by atoms with Crippen molar-refractivity contribution in [2.45, 2.75) is 51.5 Å². The van der Waals surface area contributed by atoms with Crippen molar-refractivity contribution in [2.24, 2.45) is 0 Å². The zero-order valence-electron chi connectivity index (χ0n) is 16.2. The number of ether oxygens (including phenoxy) is 4. The molecule has 29 heavy (non-hydrogen) atoms. The molecule has 0 spiro atoms. The lowest BCUT2D eigenvalue weighted by Gasteiger charge is -2.43. The van der Waals surface area contributed by atoms with Crippen molar-refractivity contribution in [3.05, 3.63) is 0 Å². The molecule has 1 aliphatic rings. The Kier molecular flexibility index (Phi) is 8.52. The lowest BCUT2D eigenvalue weighted by atomic mass is 9.98. The van der Waals surface area contributed by atoms with Crippen LogP contribution in [0.15, 0.2) is 0 Å². The van der Waals surface area contributed by atoms with E-state index in [1.807, 2.05) is 0 Å². The topological polar surface area (TPSA) is 175 Å². The maximum absolute atomic E-state index is 11.7. The predicted molar refractivity (Wildman–Crippen MR) is 92.0 cm³/mol. The Morgan fingerprint density at radius 3 is 1.66 bits per heavy atom. The molecule has 5 atom stereocenters. The van der Waals surface area contributed by atoms with Crippen LogP contribution in [-0.4, -0.2) is 84.6 Å². The van der Waals surface area contributed by atoms with Gasteiger partial charge < -0.3 is 18.9 Å². The maximum Gasteiger partial charge on any atom is 0.305 e. The molecule has 0 aromatic heterocycles. The molecule has 0 aromatic carbocycles. The van der Waals surface area contributed by atoms with Gasteiger partial charge in [0.2, 0.25) is 6.29 Å². The summed E-state index contributed by atoms with van der Waals surface area (Å²) < 4.78 is 76.0. The molecule has 0 amide bonds. The fourth-order valence-electron chi connectivity index (χ4n) is 2.42. The lowest BCUT2D eigenvalue weighted by Crippen LogP contribution is -2.63. The number of carbonyl (C=O) groups excluding carboxylic acids is 3. The van der Waals surface area contributed by atoms with Crippen LogP contribution in [-0.2, 0) is 61.9 Å². The number of hydrogen-bond acceptors (Lipinski definition) is 13. The van der Waals surface area contributed by atoms with Gasteiger partial charge in [0, 0.05) is 20.8 Å². The van der Waals surface area contributed by atoms with E-state index >= 15 is 0 Å². The molecule has 13 nitrogen and oxygen atoms in total. The van der Waals surface area contributed by atoms with Gasteiger partial charge in [-0.05, 0) is 0 Å². The highest BCUT2D eigenvalue weighted by molar-refractivity contribution is 7.86. The van der Waals surface area contributed by atoms with E-state index in [1.165, 1.54) is 0 Å². The van der Waals surface area contributed by atoms with Crippen molar-refractivity contribution in [1.82, 2.24) is 0 Å². The van der Waals surface area contributed by atoms with Gasteiger partial charge in [-0.25, -0.2) is 0 Å². The molecule has 168 valence electrons. The van der Waals surface area contributed by atoms with E-state index in [-0.39, 0.29) is 0 Å². The molecule has 0 N–H and O–H groups in total. The average molecular weight is 462 g/mol. The maximum atomic E-state index is 11.7. The first-order valence-electron chi connectivity index (χ1n) is 7.99. The van der Waals surface area contributed by atoms with Crippen LogP contribution in [0.1, 0.15) is 20.8 Å². The second-order valence-electron chi connectivity index (χ2n) is 6.05. The van der Waals surface area contributed by atoms with E-state index in [0.717, 1.165) is 27.0 Å². The molecule has 15 heteroatoms. The van der Waals surface area contributed by atoms with Crippen molar-refractivity contribution >= 4 is 38.1 Å². The summed E-state index contributed by atoms with van der Waals surface area (Å²) in [7, 11) is -8.19. The standard InChI is InChI=1S/C14H22O13S2/c1-7(15)23-11-10(6-22-28(4,18)19)26-14(25-9(3)17)13(24-8(2)16)12(11)27-29(5,20)21/h10-14H,6H2,1-5H3/t10-,11+,12+,13+,14-/m0/s1. The van der Waals surface area contributed by atoms with Crippen LogP contribution in [0.2, 0.25) is 0 Å². The van der Waals surface area contributed by atoms with Crippen molar-refractivity contribution in [2.75, 3.05) is 19.1 Å². The molecule has 0 unspecified atom stereocenters. The Hall–Kier alpha value is -1.81. The molecule has 1 rings (SSSR count). The van der Waals surface area contributed by atoms with Gasteiger partial charge in [0.1, 0.15) is 6.10 Å². The van der Waals surface area contributed by atoms with Crippen LogP contribution in [0.4, 0.5) is 0 Å². The lowest BCUT2D eigenvalue weighted by molar-refractivity contribution is -0.292. The van der Waals surface area contributed by atoms with Crippen molar-refractivity contribution in [3.63, 3.8) is 0 Å². The predicted octanol–water partition coefficient (Wildman–Crippen LogP) is -1.54. The summed E-state index contributed by atoms with van der Waals surface area (Å²) in [4.78, 5) is 34.4. The first-order valence-corrected chi connectivity index (χ1v) is 11.6. The van der Waals surface area contributed by atoms with Gasteiger partial charge in [0.25, 0.3) is 20.2 Å². The normalized spacial score (nSPS) is 27.7. The van der Waals surface area contributed by atoms with Crippen LogP contribution in [0.25, 0.3) is 0 Å². The quantitative estimate of drug-likeness (QED) is 0.231. The third-order valence-electron chi connectivity index (χ3n) is 3.21. The van der Waals surface area contributed by atoms with Crippen molar-refractivity contribution in [1.29, 1.82) is 0 Å². The van der Waals surface area contributed by atoms with Gasteiger partial charge in [-0.3, -0.25) is 22.7 Å². The summed E-state index contributed by atoms with van der Waals surface area (Å²) in [5.41, 5.74) is 0. The summed E-state index contributed by atoms with van der Waals surface area (Å²) in [5, 5.41) is 0. The Labute approximate surface area is 167 Å².